The third kappa shape index (κ3) is 3.47. The van der Waals surface area contributed by atoms with Gasteiger partial charge in [-0.2, -0.15) is 0 Å². The molecule has 0 aliphatic carbocycles. The number of hydrogen-bond donors (Lipinski definition) is 1. The summed E-state index contributed by atoms with van der Waals surface area (Å²) in [6, 6.07) is 9.50. The Morgan fingerprint density at radius 2 is 2.22 bits per heavy atom. The van der Waals surface area contributed by atoms with E-state index in [1.807, 2.05) is 42.2 Å². The van der Waals surface area contributed by atoms with E-state index in [-0.39, 0.29) is 12.1 Å². The van der Waals surface area contributed by atoms with Gasteiger partial charge in [0.25, 0.3) is 0 Å². The molecule has 1 atom stereocenters. The van der Waals surface area contributed by atoms with Crippen molar-refractivity contribution in [2.24, 2.45) is 0 Å². The number of nitrogens with one attached hydrogen (secondary N) is 1. The van der Waals surface area contributed by atoms with Crippen LogP contribution in [-0.4, -0.2) is 36.7 Å². The van der Waals surface area contributed by atoms with E-state index in [0.717, 1.165) is 25.1 Å². The van der Waals surface area contributed by atoms with E-state index in [9.17, 15) is 4.79 Å². The van der Waals surface area contributed by atoms with Gasteiger partial charge in [-0.25, -0.2) is 4.79 Å². The lowest BCUT2D eigenvalue weighted by atomic mass is 10.1. The predicted molar refractivity (Wildman–Crippen MR) is 71.7 cm³/mol. The average molecular weight is 248 g/mol. The minimum absolute atomic E-state index is 0.0365. The van der Waals surface area contributed by atoms with Crippen LogP contribution >= 0.6 is 0 Å². The molecule has 4 heteroatoms. The van der Waals surface area contributed by atoms with Crippen molar-refractivity contribution in [1.29, 1.82) is 0 Å². The SMILES string of the molecule is CCOC1CCCN(C(=O)Nc2ccccc2)C1. The normalized spacial score (nSPS) is 19.6. The number of ether oxygens (including phenoxy) is 1. The Labute approximate surface area is 108 Å². The van der Waals surface area contributed by atoms with Gasteiger partial charge in [0.1, 0.15) is 0 Å². The molecule has 2 rings (SSSR count). The number of likely N-dealkylation sites (tertiary alicyclic amines) is 1. The van der Waals surface area contributed by atoms with Crippen LogP contribution in [0.1, 0.15) is 19.8 Å². The van der Waals surface area contributed by atoms with Gasteiger partial charge in [0.05, 0.1) is 6.10 Å². The maximum atomic E-state index is 12.1. The topological polar surface area (TPSA) is 41.6 Å². The van der Waals surface area contributed by atoms with Crippen molar-refractivity contribution in [2.75, 3.05) is 25.0 Å². The van der Waals surface area contributed by atoms with E-state index in [4.69, 9.17) is 4.74 Å². The number of carbonyl (C=O) groups is 1. The molecule has 98 valence electrons. The molecule has 1 aromatic rings. The van der Waals surface area contributed by atoms with Crippen molar-refractivity contribution < 1.29 is 9.53 Å². The van der Waals surface area contributed by atoms with Gasteiger partial charge >= 0.3 is 6.03 Å². The summed E-state index contributed by atoms with van der Waals surface area (Å²) in [5, 5.41) is 2.91. The molecule has 4 nitrogen and oxygen atoms in total. The molecule has 1 aliphatic rings. The first-order chi connectivity index (χ1) is 8.79. The second kappa shape index (κ2) is 6.40. The van der Waals surface area contributed by atoms with Crippen LogP contribution in [0.15, 0.2) is 30.3 Å². The molecule has 0 aromatic heterocycles. The van der Waals surface area contributed by atoms with Crippen LogP contribution in [0.5, 0.6) is 0 Å². The van der Waals surface area contributed by atoms with Crippen LogP contribution in [0.4, 0.5) is 10.5 Å². The number of carbonyl (C=O) groups excluding carboxylic acids is 1. The average Bonchev–Trinajstić information content (AvgIpc) is 2.40. The van der Waals surface area contributed by atoms with Gasteiger partial charge in [0, 0.05) is 25.4 Å². The lowest BCUT2D eigenvalue weighted by Crippen LogP contribution is -2.45. The van der Waals surface area contributed by atoms with Crippen molar-refractivity contribution in [3.05, 3.63) is 30.3 Å². The third-order valence-corrected chi connectivity index (χ3v) is 3.09. The molecule has 0 bridgehead atoms. The third-order valence-electron chi connectivity index (χ3n) is 3.09. The van der Waals surface area contributed by atoms with Crippen molar-refractivity contribution in [2.45, 2.75) is 25.9 Å². The van der Waals surface area contributed by atoms with Crippen LogP contribution in [0, 0.1) is 0 Å². The quantitative estimate of drug-likeness (QED) is 0.893. The number of urea groups is 1. The molecule has 2 amide bonds. The van der Waals surface area contributed by atoms with Gasteiger partial charge in [-0.15, -0.1) is 0 Å². The molecule has 1 fully saturated rings. The molecule has 0 radical (unpaired) electrons. The largest absolute Gasteiger partial charge is 0.377 e. The summed E-state index contributed by atoms with van der Waals surface area (Å²) in [7, 11) is 0. The van der Waals surface area contributed by atoms with Crippen molar-refractivity contribution in [1.82, 2.24) is 4.90 Å². The highest BCUT2D eigenvalue weighted by Gasteiger charge is 2.23. The van der Waals surface area contributed by atoms with Gasteiger partial charge in [0.15, 0.2) is 0 Å². The number of para-hydroxylation sites is 1. The molecule has 1 saturated heterocycles. The summed E-state index contributed by atoms with van der Waals surface area (Å²) in [5.41, 5.74) is 0.834. The molecule has 0 spiro atoms. The van der Waals surface area contributed by atoms with E-state index in [1.54, 1.807) is 0 Å². The van der Waals surface area contributed by atoms with Crippen LogP contribution < -0.4 is 5.32 Å². The van der Waals surface area contributed by atoms with Crippen molar-refractivity contribution in [3.8, 4) is 0 Å². The van der Waals surface area contributed by atoms with Gasteiger partial charge in [0.2, 0.25) is 0 Å². The Kier molecular flexibility index (Phi) is 4.59. The fraction of sp³-hybridized carbons (Fsp3) is 0.500. The smallest absolute Gasteiger partial charge is 0.321 e. The second-order valence-electron chi connectivity index (χ2n) is 4.46. The molecular formula is C14H20N2O2. The first kappa shape index (κ1) is 12.9. The van der Waals surface area contributed by atoms with E-state index in [1.165, 1.54) is 0 Å². The minimum atomic E-state index is -0.0365. The van der Waals surface area contributed by atoms with E-state index < -0.39 is 0 Å². The number of amides is 2. The highest BCUT2D eigenvalue weighted by Crippen LogP contribution is 2.15. The monoisotopic (exact) mass is 248 g/mol. The first-order valence-electron chi connectivity index (χ1n) is 6.52. The zero-order chi connectivity index (χ0) is 12.8. The fourth-order valence-corrected chi connectivity index (χ4v) is 2.22. The van der Waals surface area contributed by atoms with Crippen LogP contribution in [0.3, 0.4) is 0 Å². The number of rotatable bonds is 3. The second-order valence-corrected chi connectivity index (χ2v) is 4.46. The van der Waals surface area contributed by atoms with Gasteiger partial charge in [-0.3, -0.25) is 0 Å². The van der Waals surface area contributed by atoms with Crippen molar-refractivity contribution in [3.63, 3.8) is 0 Å². The summed E-state index contributed by atoms with van der Waals surface area (Å²) < 4.78 is 5.59. The highest BCUT2D eigenvalue weighted by atomic mass is 16.5. The molecule has 1 N–H and O–H groups in total. The lowest BCUT2D eigenvalue weighted by Gasteiger charge is -2.32. The summed E-state index contributed by atoms with van der Waals surface area (Å²) in [6.07, 6.45) is 2.24. The summed E-state index contributed by atoms with van der Waals surface area (Å²) in [4.78, 5) is 13.9. The van der Waals surface area contributed by atoms with Crippen LogP contribution in [0.2, 0.25) is 0 Å². The lowest BCUT2D eigenvalue weighted by molar-refractivity contribution is 0.0181. The van der Waals surface area contributed by atoms with Crippen molar-refractivity contribution >= 4 is 11.7 Å². The first-order valence-corrected chi connectivity index (χ1v) is 6.52. The summed E-state index contributed by atoms with van der Waals surface area (Å²) in [6.45, 7) is 4.19. The van der Waals surface area contributed by atoms with Gasteiger partial charge in [-0.1, -0.05) is 18.2 Å². The van der Waals surface area contributed by atoms with Crippen LogP contribution in [-0.2, 0) is 4.74 Å². The Balaban J connectivity index is 1.88. The number of anilines is 1. The molecule has 1 heterocycles. The van der Waals surface area contributed by atoms with Gasteiger partial charge < -0.3 is 15.0 Å². The standard InChI is InChI=1S/C14H20N2O2/c1-2-18-13-9-6-10-16(11-13)14(17)15-12-7-4-3-5-8-12/h3-5,7-8,13H,2,6,9-11H2,1H3,(H,15,17). The summed E-state index contributed by atoms with van der Waals surface area (Å²) in [5.74, 6) is 0. The maximum absolute atomic E-state index is 12.1. The number of piperidine rings is 1. The highest BCUT2D eigenvalue weighted by molar-refractivity contribution is 5.89. The number of hydrogen-bond acceptors (Lipinski definition) is 2. The Hall–Kier alpha value is -1.55. The Morgan fingerprint density at radius 3 is 2.94 bits per heavy atom. The fourth-order valence-electron chi connectivity index (χ4n) is 2.22. The van der Waals surface area contributed by atoms with E-state index in [2.05, 4.69) is 5.32 Å². The van der Waals surface area contributed by atoms with E-state index >= 15 is 0 Å². The Morgan fingerprint density at radius 1 is 1.44 bits per heavy atom. The maximum Gasteiger partial charge on any atom is 0.321 e. The number of nitrogens with zero attached hydrogens (tertiary/aromatic N) is 1. The zero-order valence-corrected chi connectivity index (χ0v) is 10.8. The molecule has 18 heavy (non-hydrogen) atoms. The predicted octanol–water partition coefficient (Wildman–Crippen LogP) is 2.72. The minimum Gasteiger partial charge on any atom is -0.377 e. The van der Waals surface area contributed by atoms with Crippen LogP contribution in [0.25, 0.3) is 0 Å². The zero-order valence-electron chi connectivity index (χ0n) is 10.8. The molecule has 1 aliphatic heterocycles. The number of benzene rings is 1. The molecular weight excluding hydrogens is 228 g/mol. The Bertz CT molecular complexity index is 379. The van der Waals surface area contributed by atoms with Gasteiger partial charge in [-0.05, 0) is 31.9 Å². The van der Waals surface area contributed by atoms with E-state index in [0.29, 0.717) is 13.2 Å². The molecule has 1 unspecified atom stereocenters. The molecule has 0 saturated carbocycles. The molecule has 1 aromatic carbocycles. The summed E-state index contributed by atoms with van der Waals surface area (Å²) >= 11 is 0.